The third-order valence-corrected chi connectivity index (χ3v) is 4.61. The highest BCUT2D eigenvalue weighted by atomic mass is 19.1. The number of benzene rings is 1. The van der Waals surface area contributed by atoms with Crippen LogP contribution in [0.1, 0.15) is 35.1 Å². The molecule has 0 spiro atoms. The van der Waals surface area contributed by atoms with E-state index in [1.54, 1.807) is 47.2 Å². The number of hydrogen-bond donors (Lipinski definition) is 2. The van der Waals surface area contributed by atoms with E-state index in [1.807, 2.05) is 0 Å². The number of amides is 1. The average Bonchev–Trinajstić information content (AvgIpc) is 3.23. The summed E-state index contributed by atoms with van der Waals surface area (Å²) >= 11 is 0. The minimum Gasteiger partial charge on any atom is -0.387 e. The van der Waals surface area contributed by atoms with Crippen LogP contribution >= 0.6 is 0 Å². The van der Waals surface area contributed by atoms with Gasteiger partial charge in [0.2, 0.25) is 0 Å². The fourth-order valence-corrected chi connectivity index (χ4v) is 3.03. The molecule has 1 amide bonds. The Morgan fingerprint density at radius 2 is 2.04 bits per heavy atom. The number of carbonyl (C=O) groups excluding carboxylic acids is 1. The van der Waals surface area contributed by atoms with Crippen molar-refractivity contribution in [3.05, 3.63) is 59.9 Å². The van der Waals surface area contributed by atoms with Gasteiger partial charge in [0.05, 0.1) is 23.9 Å². The molecule has 0 radical (unpaired) electrons. The van der Waals surface area contributed by atoms with E-state index in [2.05, 4.69) is 15.3 Å². The monoisotopic (exact) mass is 355 g/mol. The number of aromatic amines is 1. The molecule has 4 rings (SSSR count). The molecule has 134 valence electrons. The van der Waals surface area contributed by atoms with E-state index in [0.717, 1.165) is 11.1 Å². The lowest BCUT2D eigenvalue weighted by atomic mass is 10.0. The zero-order valence-electron chi connectivity index (χ0n) is 14.1. The molecule has 1 fully saturated rings. The summed E-state index contributed by atoms with van der Waals surface area (Å²) in [5.74, 6) is -0.398. The second-order valence-electron chi connectivity index (χ2n) is 6.45. The summed E-state index contributed by atoms with van der Waals surface area (Å²) in [7, 11) is 0. The van der Waals surface area contributed by atoms with Crippen LogP contribution in [-0.4, -0.2) is 49.0 Å². The van der Waals surface area contributed by atoms with Gasteiger partial charge in [-0.05, 0) is 24.6 Å². The molecule has 1 aromatic carbocycles. The van der Waals surface area contributed by atoms with Gasteiger partial charge in [-0.25, -0.2) is 9.07 Å². The Bertz CT molecular complexity index is 925. The van der Waals surface area contributed by atoms with Gasteiger partial charge in [-0.3, -0.25) is 4.79 Å². The van der Waals surface area contributed by atoms with Crippen LogP contribution in [0.25, 0.3) is 11.1 Å². The third kappa shape index (κ3) is 2.88. The van der Waals surface area contributed by atoms with E-state index >= 15 is 0 Å². The molecular weight excluding hydrogens is 337 g/mol. The molecule has 3 aromatic rings. The van der Waals surface area contributed by atoms with Gasteiger partial charge in [0, 0.05) is 31.0 Å². The van der Waals surface area contributed by atoms with Crippen molar-refractivity contribution in [3.63, 3.8) is 0 Å². The number of aliphatic hydroxyl groups excluding tert-OH is 1. The van der Waals surface area contributed by atoms with Crippen molar-refractivity contribution in [1.82, 2.24) is 24.9 Å². The van der Waals surface area contributed by atoms with E-state index in [1.165, 1.54) is 12.1 Å². The largest absolute Gasteiger partial charge is 0.387 e. The molecule has 3 heterocycles. The van der Waals surface area contributed by atoms with Crippen LogP contribution in [0.2, 0.25) is 0 Å². The summed E-state index contributed by atoms with van der Waals surface area (Å²) < 4.78 is 14.8. The lowest BCUT2D eigenvalue weighted by Crippen LogP contribution is -2.50. The Labute approximate surface area is 149 Å². The van der Waals surface area contributed by atoms with Crippen molar-refractivity contribution in [1.29, 1.82) is 0 Å². The number of nitrogens with zero attached hydrogens (tertiary/aromatic N) is 4. The predicted octanol–water partition coefficient (Wildman–Crippen LogP) is 2.16. The molecule has 1 atom stereocenters. The van der Waals surface area contributed by atoms with E-state index < -0.39 is 6.10 Å². The highest BCUT2D eigenvalue weighted by molar-refractivity contribution is 6.01. The summed E-state index contributed by atoms with van der Waals surface area (Å²) in [6, 6.07) is 6.11. The van der Waals surface area contributed by atoms with Gasteiger partial charge < -0.3 is 15.0 Å². The Morgan fingerprint density at radius 3 is 2.69 bits per heavy atom. The third-order valence-electron chi connectivity index (χ3n) is 4.61. The van der Waals surface area contributed by atoms with Crippen molar-refractivity contribution in [2.24, 2.45) is 0 Å². The van der Waals surface area contributed by atoms with Gasteiger partial charge in [-0.2, -0.15) is 0 Å². The molecule has 2 aromatic heterocycles. The maximum absolute atomic E-state index is 13.1. The lowest BCUT2D eigenvalue weighted by molar-refractivity contribution is 0.0499. The van der Waals surface area contributed by atoms with Gasteiger partial charge in [0.25, 0.3) is 5.91 Å². The number of nitrogens with one attached hydrogen (secondary N) is 1. The second-order valence-corrected chi connectivity index (χ2v) is 6.45. The van der Waals surface area contributed by atoms with Crippen LogP contribution in [0.5, 0.6) is 0 Å². The van der Waals surface area contributed by atoms with Crippen molar-refractivity contribution >= 4 is 5.91 Å². The van der Waals surface area contributed by atoms with Crippen LogP contribution < -0.4 is 0 Å². The maximum Gasteiger partial charge on any atom is 0.256 e. The fourth-order valence-electron chi connectivity index (χ4n) is 3.03. The smallest absolute Gasteiger partial charge is 0.256 e. The molecular formula is C18H18FN5O2. The SMILES string of the molecule is CC(O)c1cn(C2CN(C(=O)c3c[nH]cc3-c3ccc(F)cc3)C2)nn1. The molecule has 1 saturated heterocycles. The van der Waals surface area contributed by atoms with Crippen LogP contribution in [0.4, 0.5) is 4.39 Å². The van der Waals surface area contributed by atoms with E-state index in [-0.39, 0.29) is 17.8 Å². The fraction of sp³-hybridized carbons (Fsp3) is 0.278. The molecule has 7 nitrogen and oxygen atoms in total. The van der Waals surface area contributed by atoms with Crippen molar-refractivity contribution in [2.45, 2.75) is 19.1 Å². The number of hydrogen-bond acceptors (Lipinski definition) is 4. The Hall–Kier alpha value is -3.00. The first kappa shape index (κ1) is 16.5. The minimum absolute atomic E-state index is 0.0483. The van der Waals surface area contributed by atoms with Crippen LogP contribution in [0.3, 0.4) is 0 Å². The summed E-state index contributed by atoms with van der Waals surface area (Å²) in [5.41, 5.74) is 2.60. The molecule has 1 aliphatic rings. The molecule has 1 aliphatic heterocycles. The van der Waals surface area contributed by atoms with E-state index in [0.29, 0.717) is 24.3 Å². The molecule has 26 heavy (non-hydrogen) atoms. The summed E-state index contributed by atoms with van der Waals surface area (Å²) in [4.78, 5) is 17.5. The molecule has 0 aliphatic carbocycles. The lowest BCUT2D eigenvalue weighted by Gasteiger charge is -2.38. The zero-order chi connectivity index (χ0) is 18.3. The zero-order valence-corrected chi connectivity index (χ0v) is 14.1. The molecule has 0 bridgehead atoms. The summed E-state index contributed by atoms with van der Waals surface area (Å²) in [6.07, 6.45) is 4.44. The van der Waals surface area contributed by atoms with Gasteiger partial charge in [-0.1, -0.05) is 17.3 Å². The number of likely N-dealkylation sites (tertiary alicyclic amines) is 1. The van der Waals surface area contributed by atoms with Crippen LogP contribution in [-0.2, 0) is 0 Å². The topological polar surface area (TPSA) is 87.0 Å². The number of aliphatic hydroxyl groups is 1. The Kier molecular flexibility index (Phi) is 4.04. The minimum atomic E-state index is -0.667. The van der Waals surface area contributed by atoms with E-state index in [9.17, 15) is 14.3 Å². The highest BCUT2D eigenvalue weighted by Crippen LogP contribution is 2.28. The Balaban J connectivity index is 1.47. The van der Waals surface area contributed by atoms with Crippen molar-refractivity contribution in [2.75, 3.05) is 13.1 Å². The summed E-state index contributed by atoms with van der Waals surface area (Å²) in [6.45, 7) is 2.68. The summed E-state index contributed by atoms with van der Waals surface area (Å²) in [5, 5.41) is 17.5. The number of aromatic nitrogens is 4. The predicted molar refractivity (Wildman–Crippen MR) is 91.8 cm³/mol. The van der Waals surface area contributed by atoms with Gasteiger partial charge in [0.15, 0.2) is 0 Å². The van der Waals surface area contributed by atoms with E-state index in [4.69, 9.17) is 0 Å². The normalized spacial score (nSPS) is 15.7. The first-order valence-electron chi connectivity index (χ1n) is 8.34. The first-order chi connectivity index (χ1) is 12.5. The number of halogens is 1. The molecule has 8 heteroatoms. The van der Waals surface area contributed by atoms with Gasteiger partial charge in [-0.15, -0.1) is 5.10 Å². The quantitative estimate of drug-likeness (QED) is 0.751. The number of H-pyrrole nitrogens is 1. The average molecular weight is 355 g/mol. The number of carbonyl (C=O) groups is 1. The highest BCUT2D eigenvalue weighted by Gasteiger charge is 2.34. The van der Waals surface area contributed by atoms with Crippen molar-refractivity contribution < 1.29 is 14.3 Å². The van der Waals surface area contributed by atoms with Gasteiger partial charge >= 0.3 is 0 Å². The molecule has 0 saturated carbocycles. The van der Waals surface area contributed by atoms with Crippen molar-refractivity contribution in [3.8, 4) is 11.1 Å². The number of rotatable bonds is 4. The molecule has 2 N–H and O–H groups in total. The van der Waals surface area contributed by atoms with Crippen LogP contribution in [0, 0.1) is 5.82 Å². The first-order valence-corrected chi connectivity index (χ1v) is 8.34. The van der Waals surface area contributed by atoms with Crippen LogP contribution in [0.15, 0.2) is 42.9 Å². The molecule has 1 unspecified atom stereocenters. The van der Waals surface area contributed by atoms with Gasteiger partial charge in [0.1, 0.15) is 11.5 Å². The standard InChI is InChI=1S/C18H18FN5O2/c1-11(25)17-10-24(22-21-17)14-8-23(9-14)18(26)16-7-20-6-15(16)12-2-4-13(19)5-3-12/h2-7,10-11,14,20,25H,8-9H2,1H3. The second kappa shape index (κ2) is 6.38. The Morgan fingerprint density at radius 1 is 1.31 bits per heavy atom. The maximum atomic E-state index is 13.1.